The second kappa shape index (κ2) is 24.3. The van der Waals surface area contributed by atoms with Crippen molar-refractivity contribution in [3.05, 3.63) is 149 Å². The van der Waals surface area contributed by atoms with Crippen LogP contribution >= 0.6 is 22.7 Å². The largest absolute Gasteiger partial charge is 0.512 e. The van der Waals surface area contributed by atoms with Gasteiger partial charge in [0.2, 0.25) is 0 Å². The maximum Gasteiger partial charge on any atom is 0.162 e. The van der Waals surface area contributed by atoms with E-state index in [4.69, 9.17) is 4.98 Å². The van der Waals surface area contributed by atoms with Gasteiger partial charge in [0.15, 0.2) is 5.78 Å². The van der Waals surface area contributed by atoms with Crippen LogP contribution in [0, 0.1) is 48.6 Å². The summed E-state index contributed by atoms with van der Waals surface area (Å²) in [5.41, 5.74) is 12.3. The quantitative estimate of drug-likeness (QED) is 0.0793. The van der Waals surface area contributed by atoms with Gasteiger partial charge in [-0.2, -0.15) is 0 Å². The Morgan fingerprint density at radius 2 is 1.19 bits per heavy atom. The molecule has 1 N–H and O–H groups in total. The zero-order valence-corrected chi connectivity index (χ0v) is 50.6. The van der Waals surface area contributed by atoms with Crippen molar-refractivity contribution in [2.75, 3.05) is 0 Å². The number of allylic oxidation sites excluding steroid dienone is 2. The molecule has 0 saturated heterocycles. The minimum atomic E-state index is 0. The van der Waals surface area contributed by atoms with Gasteiger partial charge in [-0.1, -0.05) is 157 Å². The molecule has 0 bridgehead atoms. The Balaban J connectivity index is 0.000000192. The Labute approximate surface area is 463 Å². The van der Waals surface area contributed by atoms with Crippen molar-refractivity contribution in [1.29, 1.82) is 0 Å². The molecule has 4 heterocycles. The van der Waals surface area contributed by atoms with Gasteiger partial charge in [0.05, 0.1) is 11.3 Å². The summed E-state index contributed by atoms with van der Waals surface area (Å²) < 4.78 is 5.03. The van der Waals surface area contributed by atoms with Gasteiger partial charge in [0, 0.05) is 79.8 Å². The van der Waals surface area contributed by atoms with E-state index in [9.17, 15) is 9.90 Å². The van der Waals surface area contributed by atoms with Crippen molar-refractivity contribution in [2.45, 2.75) is 148 Å². The molecule has 74 heavy (non-hydrogen) atoms. The molecule has 391 valence electrons. The number of aliphatic hydroxyl groups excluding tert-OH is 1. The molecule has 9 aromatic rings. The minimum absolute atomic E-state index is 0. The number of nitrogens with zero attached hydrogens (tertiary/aromatic N) is 3. The summed E-state index contributed by atoms with van der Waals surface area (Å²) in [5, 5.41) is 16.0. The summed E-state index contributed by atoms with van der Waals surface area (Å²) in [6.45, 7) is 32.8. The summed E-state index contributed by atoms with van der Waals surface area (Å²) in [6, 6.07) is 38.2. The average Bonchev–Trinajstić information content (AvgIpc) is 3.88. The van der Waals surface area contributed by atoms with Crippen LogP contribution in [-0.4, -0.2) is 25.8 Å². The summed E-state index contributed by atoms with van der Waals surface area (Å²) in [4.78, 5) is 25.8. The number of rotatable bonds is 11. The molecule has 8 heteroatoms. The number of carbonyl (C=O) groups is 1. The summed E-state index contributed by atoms with van der Waals surface area (Å²) in [5.74, 6) is 0.547. The van der Waals surface area contributed by atoms with E-state index >= 15 is 0 Å². The SMILES string of the molecule is CC(C)(C)Cc1ccc2c(c1)sc1c(-c3[c-]c4ccccc4c(C(C)(C)C)c3)nccc12.CCC(CC)C(=O)/C=C(\O)C(CC)CC.Cc1[c-]c(-c2ncnc3c2sc2cc(CC(C)(C)C)ccc23)cc(C)c1.[Ir]. The van der Waals surface area contributed by atoms with Crippen LogP contribution in [0.3, 0.4) is 0 Å². The summed E-state index contributed by atoms with van der Waals surface area (Å²) >= 11 is 3.65. The standard InChI is InChI=1S/C30H30NS.C23H23N2S.C13H24O2.Ir/c1-29(2,3)18-19-11-12-23-24-13-14-31-27(28(24)32-26(23)15-19)21-16-20-9-7-8-10-22(20)25(17-21)30(4,5)6;1-14-8-15(2)10-17(9-14)20-22-21(25-13-24-20)18-7-6-16(11-19(18)26-22)12-23(3,4)5;1-5-10(6-2)12(14)9-13(15)11(7-3)8-4;/h7-15,17H,18H2,1-6H3;6-9,11,13H,12H2,1-5H3;9-11,14H,5-8H2,1-4H3;/q2*-1;;/b;;12-9-;. The number of hydrogen-bond donors (Lipinski definition) is 1. The average molecular weight is 1200 g/mol. The number of aromatic nitrogens is 3. The Morgan fingerprint density at radius 3 is 1.78 bits per heavy atom. The van der Waals surface area contributed by atoms with E-state index in [-0.39, 0.29) is 59.7 Å². The Kier molecular flexibility index (Phi) is 19.1. The van der Waals surface area contributed by atoms with Crippen LogP contribution in [0.25, 0.3) is 73.8 Å². The fraction of sp³-hybridized carbons (Fsp3) is 0.394. The number of aliphatic hydroxyl groups is 1. The van der Waals surface area contributed by atoms with Gasteiger partial charge in [-0.05, 0) is 94.9 Å². The van der Waals surface area contributed by atoms with Gasteiger partial charge in [0.25, 0.3) is 0 Å². The third-order valence-electron chi connectivity index (χ3n) is 13.6. The van der Waals surface area contributed by atoms with Crippen LogP contribution in [0.2, 0.25) is 0 Å². The van der Waals surface area contributed by atoms with E-state index in [0.29, 0.717) is 0 Å². The first-order valence-corrected chi connectivity index (χ1v) is 28.0. The van der Waals surface area contributed by atoms with E-state index in [2.05, 4.69) is 183 Å². The van der Waals surface area contributed by atoms with E-state index < -0.39 is 0 Å². The Hall–Kier alpha value is -5.11. The van der Waals surface area contributed by atoms with Gasteiger partial charge in [-0.15, -0.1) is 86.7 Å². The third kappa shape index (κ3) is 14.0. The predicted octanol–water partition coefficient (Wildman–Crippen LogP) is 19.3. The number of aryl methyl sites for hydroxylation is 2. The van der Waals surface area contributed by atoms with E-state index in [1.807, 2.05) is 45.2 Å². The molecule has 5 nitrogen and oxygen atoms in total. The van der Waals surface area contributed by atoms with Crippen LogP contribution in [0.1, 0.15) is 144 Å². The Bertz CT molecular complexity index is 3410. The van der Waals surface area contributed by atoms with Gasteiger partial charge >= 0.3 is 0 Å². The Morgan fingerprint density at radius 1 is 0.622 bits per heavy atom. The molecular formula is C66H77IrN3O2S2-2. The molecule has 0 aliphatic heterocycles. The molecule has 0 spiro atoms. The molecule has 0 atom stereocenters. The topological polar surface area (TPSA) is 76.0 Å². The maximum atomic E-state index is 11.7. The van der Waals surface area contributed by atoms with Crippen molar-refractivity contribution >= 4 is 79.7 Å². The zero-order valence-electron chi connectivity index (χ0n) is 46.6. The van der Waals surface area contributed by atoms with Crippen LogP contribution in [-0.2, 0) is 43.2 Å². The number of ketones is 1. The molecule has 0 aliphatic rings. The van der Waals surface area contributed by atoms with Crippen LogP contribution in [0.15, 0.2) is 109 Å². The fourth-order valence-electron chi connectivity index (χ4n) is 9.98. The van der Waals surface area contributed by atoms with Crippen molar-refractivity contribution in [3.8, 4) is 22.5 Å². The van der Waals surface area contributed by atoms with Crippen molar-refractivity contribution < 1.29 is 30.0 Å². The van der Waals surface area contributed by atoms with Gasteiger partial charge < -0.3 is 5.11 Å². The molecule has 0 amide bonds. The molecule has 4 aromatic heterocycles. The molecular weight excluding hydrogens is 1120 g/mol. The first-order chi connectivity index (χ1) is 34.5. The molecule has 0 fully saturated rings. The number of carbonyl (C=O) groups excluding carboxylic acids is 1. The van der Waals surface area contributed by atoms with Crippen molar-refractivity contribution in [1.82, 2.24) is 15.0 Å². The number of hydrogen-bond acceptors (Lipinski definition) is 7. The second-order valence-corrected chi connectivity index (χ2v) is 25.5. The summed E-state index contributed by atoms with van der Waals surface area (Å²) in [6.07, 6.45) is 10.7. The number of benzene rings is 5. The molecule has 0 saturated carbocycles. The predicted molar refractivity (Wildman–Crippen MR) is 316 cm³/mol. The van der Waals surface area contributed by atoms with Crippen LogP contribution in [0.5, 0.6) is 0 Å². The maximum absolute atomic E-state index is 11.7. The number of fused-ring (bicyclic) bond motifs is 7. The molecule has 0 aliphatic carbocycles. The first kappa shape index (κ1) is 58.2. The van der Waals surface area contributed by atoms with Crippen molar-refractivity contribution in [3.63, 3.8) is 0 Å². The van der Waals surface area contributed by atoms with E-state index in [1.165, 1.54) is 64.0 Å². The molecule has 9 rings (SSSR count). The fourth-order valence-corrected chi connectivity index (χ4v) is 12.5. The van der Waals surface area contributed by atoms with Crippen LogP contribution < -0.4 is 0 Å². The summed E-state index contributed by atoms with van der Waals surface area (Å²) in [7, 11) is 0. The molecule has 1 radical (unpaired) electrons. The van der Waals surface area contributed by atoms with Gasteiger partial charge in [-0.25, -0.2) is 4.98 Å². The van der Waals surface area contributed by atoms with Gasteiger partial charge in [0.1, 0.15) is 6.33 Å². The molecule has 0 unspecified atom stereocenters. The number of pyridine rings is 1. The normalized spacial score (nSPS) is 12.4. The first-order valence-electron chi connectivity index (χ1n) is 26.4. The minimum Gasteiger partial charge on any atom is -0.512 e. The smallest absolute Gasteiger partial charge is 0.162 e. The van der Waals surface area contributed by atoms with Crippen molar-refractivity contribution in [2.24, 2.45) is 22.7 Å². The van der Waals surface area contributed by atoms with Crippen LogP contribution in [0.4, 0.5) is 0 Å². The molecule has 5 aromatic carbocycles. The second-order valence-electron chi connectivity index (χ2n) is 23.4. The monoisotopic (exact) mass is 1200 g/mol. The van der Waals surface area contributed by atoms with E-state index in [0.717, 1.165) is 82.2 Å². The third-order valence-corrected chi connectivity index (χ3v) is 15.9. The van der Waals surface area contributed by atoms with E-state index in [1.54, 1.807) is 17.7 Å². The number of thiophene rings is 2. The van der Waals surface area contributed by atoms with Gasteiger partial charge in [-0.3, -0.25) is 14.8 Å². The zero-order chi connectivity index (χ0) is 53.0.